The van der Waals surface area contributed by atoms with Crippen LogP contribution in [0.25, 0.3) is 0 Å². The van der Waals surface area contributed by atoms with E-state index in [9.17, 15) is 8.78 Å². The molecule has 6 heteroatoms. The SMILES string of the molecule is CNC(c1ccoc1Cl)c1c(F)ccc(Br)c1F. The minimum atomic E-state index is -0.714. The van der Waals surface area contributed by atoms with E-state index >= 15 is 0 Å². The molecule has 1 heterocycles. The second-order valence-corrected chi connectivity index (χ2v) is 4.83. The van der Waals surface area contributed by atoms with E-state index in [2.05, 4.69) is 21.2 Å². The first kappa shape index (κ1) is 13.5. The number of hydrogen-bond acceptors (Lipinski definition) is 2. The molecule has 0 spiro atoms. The maximum atomic E-state index is 14.0. The fourth-order valence-electron chi connectivity index (χ4n) is 1.77. The second-order valence-electron chi connectivity index (χ2n) is 3.63. The Balaban J connectivity index is 2.59. The lowest BCUT2D eigenvalue weighted by Crippen LogP contribution is -2.20. The third-order valence-corrected chi connectivity index (χ3v) is 3.53. The van der Waals surface area contributed by atoms with E-state index < -0.39 is 17.7 Å². The summed E-state index contributed by atoms with van der Waals surface area (Å²) in [6.45, 7) is 0. The molecule has 0 aliphatic rings. The minimum absolute atomic E-state index is 0.102. The van der Waals surface area contributed by atoms with Crippen molar-refractivity contribution < 1.29 is 13.2 Å². The van der Waals surface area contributed by atoms with Crippen LogP contribution in [-0.2, 0) is 0 Å². The molecule has 2 rings (SSSR count). The van der Waals surface area contributed by atoms with Gasteiger partial charge in [0.2, 0.25) is 0 Å². The van der Waals surface area contributed by atoms with Gasteiger partial charge in [-0.1, -0.05) is 0 Å². The van der Waals surface area contributed by atoms with Gasteiger partial charge in [0.1, 0.15) is 11.6 Å². The first-order valence-electron chi connectivity index (χ1n) is 5.09. The lowest BCUT2D eigenvalue weighted by molar-refractivity contribution is 0.513. The fourth-order valence-corrected chi connectivity index (χ4v) is 2.34. The van der Waals surface area contributed by atoms with Crippen LogP contribution in [0.4, 0.5) is 8.78 Å². The molecule has 2 aromatic rings. The van der Waals surface area contributed by atoms with Crippen LogP contribution >= 0.6 is 27.5 Å². The lowest BCUT2D eigenvalue weighted by Gasteiger charge is -2.17. The van der Waals surface area contributed by atoms with E-state index in [1.165, 1.54) is 18.4 Å². The number of benzene rings is 1. The van der Waals surface area contributed by atoms with Crippen LogP contribution in [0, 0.1) is 11.6 Å². The Morgan fingerprint density at radius 1 is 1.33 bits per heavy atom. The summed E-state index contributed by atoms with van der Waals surface area (Å²) in [7, 11) is 1.59. The molecule has 1 unspecified atom stereocenters. The monoisotopic (exact) mass is 335 g/mol. The molecular weight excluding hydrogens is 327 g/mol. The summed E-state index contributed by atoms with van der Waals surface area (Å²) < 4.78 is 33.0. The van der Waals surface area contributed by atoms with Gasteiger partial charge in [0.15, 0.2) is 5.22 Å². The quantitative estimate of drug-likeness (QED) is 0.846. The average molecular weight is 337 g/mol. The maximum absolute atomic E-state index is 14.0. The van der Waals surface area contributed by atoms with Gasteiger partial charge in [-0.15, -0.1) is 0 Å². The van der Waals surface area contributed by atoms with Gasteiger partial charge in [-0.05, 0) is 52.8 Å². The van der Waals surface area contributed by atoms with E-state index in [1.54, 1.807) is 13.1 Å². The average Bonchev–Trinajstić information content (AvgIpc) is 2.76. The molecule has 2 nitrogen and oxygen atoms in total. The van der Waals surface area contributed by atoms with Gasteiger partial charge in [-0.3, -0.25) is 0 Å². The van der Waals surface area contributed by atoms with Crippen LogP contribution in [0.15, 0.2) is 33.4 Å². The zero-order valence-electron chi connectivity index (χ0n) is 9.31. The summed E-state index contributed by atoms with van der Waals surface area (Å²) in [4.78, 5) is 0. The van der Waals surface area contributed by atoms with Crippen molar-refractivity contribution in [1.29, 1.82) is 0 Å². The molecule has 0 radical (unpaired) electrons. The molecule has 0 saturated heterocycles. The molecule has 0 fully saturated rings. The Morgan fingerprint density at radius 2 is 2.06 bits per heavy atom. The molecule has 1 atom stereocenters. The predicted octanol–water partition coefficient (Wildman–Crippen LogP) is 4.28. The maximum Gasteiger partial charge on any atom is 0.198 e. The van der Waals surface area contributed by atoms with Gasteiger partial charge >= 0.3 is 0 Å². The van der Waals surface area contributed by atoms with Gasteiger partial charge in [0, 0.05) is 11.1 Å². The third kappa shape index (κ3) is 2.30. The lowest BCUT2D eigenvalue weighted by atomic mass is 10.0. The van der Waals surface area contributed by atoms with Gasteiger partial charge in [0.05, 0.1) is 16.8 Å². The molecule has 1 N–H and O–H groups in total. The number of rotatable bonds is 3. The topological polar surface area (TPSA) is 25.2 Å². The van der Waals surface area contributed by atoms with E-state index in [1.807, 2.05) is 0 Å². The molecule has 18 heavy (non-hydrogen) atoms. The highest BCUT2D eigenvalue weighted by molar-refractivity contribution is 9.10. The van der Waals surface area contributed by atoms with Crippen LogP contribution in [0.2, 0.25) is 5.22 Å². The van der Waals surface area contributed by atoms with Gasteiger partial charge in [-0.25, -0.2) is 8.78 Å². The Morgan fingerprint density at radius 3 is 2.61 bits per heavy atom. The molecule has 96 valence electrons. The molecule has 0 aliphatic heterocycles. The van der Waals surface area contributed by atoms with Crippen LogP contribution in [0.3, 0.4) is 0 Å². The zero-order chi connectivity index (χ0) is 13.3. The number of hydrogen-bond donors (Lipinski definition) is 1. The number of halogens is 4. The highest BCUT2D eigenvalue weighted by atomic mass is 79.9. The van der Waals surface area contributed by atoms with Crippen molar-refractivity contribution in [3.8, 4) is 0 Å². The molecule has 0 aliphatic carbocycles. The second kappa shape index (κ2) is 5.38. The van der Waals surface area contributed by atoms with Gasteiger partial charge < -0.3 is 9.73 Å². The van der Waals surface area contributed by atoms with Gasteiger partial charge in [-0.2, -0.15) is 0 Å². The summed E-state index contributed by atoms with van der Waals surface area (Å²) >= 11 is 8.88. The largest absolute Gasteiger partial charge is 0.453 e. The van der Waals surface area contributed by atoms with Crippen molar-refractivity contribution in [3.63, 3.8) is 0 Å². The highest BCUT2D eigenvalue weighted by Crippen LogP contribution is 2.34. The Bertz CT molecular complexity index is 573. The van der Waals surface area contributed by atoms with Crippen molar-refractivity contribution >= 4 is 27.5 Å². The van der Waals surface area contributed by atoms with E-state index in [0.29, 0.717) is 5.56 Å². The van der Waals surface area contributed by atoms with Crippen LogP contribution in [0.5, 0.6) is 0 Å². The van der Waals surface area contributed by atoms with Crippen molar-refractivity contribution in [2.24, 2.45) is 0 Å². The standard InChI is InChI=1S/C12H9BrClF2NO/c1-17-11(6-4-5-18-12(6)14)9-8(15)3-2-7(13)10(9)16/h2-5,11,17H,1H3. The molecule has 1 aromatic carbocycles. The molecular formula is C12H9BrClF2NO. The highest BCUT2D eigenvalue weighted by Gasteiger charge is 2.25. The molecule has 0 saturated carbocycles. The van der Waals surface area contributed by atoms with E-state index in [-0.39, 0.29) is 15.3 Å². The van der Waals surface area contributed by atoms with Crippen LogP contribution in [0.1, 0.15) is 17.2 Å². The zero-order valence-corrected chi connectivity index (χ0v) is 11.6. The van der Waals surface area contributed by atoms with Crippen molar-refractivity contribution in [3.05, 3.63) is 56.9 Å². The molecule has 1 aromatic heterocycles. The summed E-state index contributed by atoms with van der Waals surface area (Å²) in [6.07, 6.45) is 1.37. The first-order valence-corrected chi connectivity index (χ1v) is 6.27. The van der Waals surface area contributed by atoms with Crippen LogP contribution in [-0.4, -0.2) is 7.05 Å². The first-order chi connectivity index (χ1) is 8.56. The van der Waals surface area contributed by atoms with Gasteiger partial charge in [0.25, 0.3) is 0 Å². The van der Waals surface area contributed by atoms with E-state index in [0.717, 1.165) is 0 Å². The Hall–Kier alpha value is -0.910. The number of nitrogens with one attached hydrogen (secondary N) is 1. The van der Waals surface area contributed by atoms with Crippen molar-refractivity contribution in [2.75, 3.05) is 7.05 Å². The van der Waals surface area contributed by atoms with E-state index in [4.69, 9.17) is 16.0 Å². The Labute approximate surface area is 116 Å². The fraction of sp³-hybridized carbons (Fsp3) is 0.167. The number of furan rings is 1. The predicted molar refractivity (Wildman–Crippen MR) is 68.7 cm³/mol. The van der Waals surface area contributed by atoms with Crippen molar-refractivity contribution in [2.45, 2.75) is 6.04 Å². The van der Waals surface area contributed by atoms with Crippen LogP contribution < -0.4 is 5.32 Å². The van der Waals surface area contributed by atoms with Crippen molar-refractivity contribution in [1.82, 2.24) is 5.32 Å². The summed E-state index contributed by atoms with van der Waals surface area (Å²) in [5.41, 5.74) is 0.380. The summed E-state index contributed by atoms with van der Waals surface area (Å²) in [6, 6.07) is 3.37. The smallest absolute Gasteiger partial charge is 0.198 e. The molecule has 0 amide bonds. The third-order valence-electron chi connectivity index (χ3n) is 2.61. The minimum Gasteiger partial charge on any atom is -0.453 e. The normalized spacial score (nSPS) is 12.7. The summed E-state index contributed by atoms with van der Waals surface area (Å²) in [5, 5.41) is 2.93. The Kier molecular flexibility index (Phi) is 4.04. The summed E-state index contributed by atoms with van der Waals surface area (Å²) in [5.74, 6) is -1.31. The molecule has 0 bridgehead atoms.